The molecule has 9 heteroatoms. The third-order valence-electron chi connectivity index (χ3n) is 6.54. The monoisotopic (exact) mass is 449 g/mol. The molecule has 2 saturated heterocycles. The molecule has 4 rings (SSSR count). The minimum absolute atomic E-state index is 0.110. The fraction of sp³-hybridized carbons (Fsp3) is 0.636. The number of sulfonamides is 1. The van der Waals surface area contributed by atoms with Gasteiger partial charge >= 0.3 is 5.76 Å². The molecule has 1 aromatic carbocycles. The average molecular weight is 450 g/mol. The highest BCUT2D eigenvalue weighted by Crippen LogP contribution is 2.26. The summed E-state index contributed by atoms with van der Waals surface area (Å²) in [4.78, 5) is 27.2. The predicted octanol–water partition coefficient (Wildman–Crippen LogP) is 2.52. The second-order valence-electron chi connectivity index (χ2n) is 9.42. The number of carbonyl (C=O) groups excluding carboxylic acids is 1. The molecule has 2 fully saturated rings. The van der Waals surface area contributed by atoms with Crippen molar-refractivity contribution in [2.75, 3.05) is 26.2 Å². The number of nitrogens with zero attached hydrogens (tertiary/aromatic N) is 3. The third-order valence-corrected chi connectivity index (χ3v) is 8.43. The first-order chi connectivity index (χ1) is 14.6. The van der Waals surface area contributed by atoms with Gasteiger partial charge in [0, 0.05) is 32.2 Å². The molecule has 170 valence electrons. The number of hydrogen-bond acceptors (Lipinski definition) is 5. The minimum atomic E-state index is -3.65. The lowest BCUT2D eigenvalue weighted by molar-refractivity contribution is -0.134. The number of amides is 1. The van der Waals surface area contributed by atoms with Crippen molar-refractivity contribution in [3.8, 4) is 0 Å². The predicted molar refractivity (Wildman–Crippen MR) is 117 cm³/mol. The molecule has 0 N–H and O–H groups in total. The first-order valence-corrected chi connectivity index (χ1v) is 12.5. The van der Waals surface area contributed by atoms with Gasteiger partial charge in [-0.15, -0.1) is 0 Å². The van der Waals surface area contributed by atoms with Crippen LogP contribution >= 0.6 is 0 Å². The molecule has 3 heterocycles. The Labute approximate surface area is 182 Å². The molecule has 1 aromatic heterocycles. The second kappa shape index (κ2) is 8.43. The van der Waals surface area contributed by atoms with Gasteiger partial charge in [-0.3, -0.25) is 9.36 Å². The molecule has 8 nitrogen and oxygen atoms in total. The van der Waals surface area contributed by atoms with Gasteiger partial charge in [-0.25, -0.2) is 13.2 Å². The van der Waals surface area contributed by atoms with E-state index in [2.05, 4.69) is 20.8 Å². The molecule has 0 saturated carbocycles. The van der Waals surface area contributed by atoms with E-state index in [4.69, 9.17) is 4.42 Å². The first-order valence-electron chi connectivity index (χ1n) is 11.1. The molecule has 1 amide bonds. The Balaban J connectivity index is 1.58. The van der Waals surface area contributed by atoms with Gasteiger partial charge < -0.3 is 9.32 Å². The van der Waals surface area contributed by atoms with Gasteiger partial charge in [-0.1, -0.05) is 20.8 Å². The number of likely N-dealkylation sites (tertiary alicyclic amines) is 1. The lowest BCUT2D eigenvalue weighted by Gasteiger charge is -2.35. The molecule has 0 bridgehead atoms. The van der Waals surface area contributed by atoms with Crippen molar-refractivity contribution in [3.05, 3.63) is 28.7 Å². The van der Waals surface area contributed by atoms with Crippen LogP contribution in [-0.2, 0) is 21.4 Å². The second-order valence-corrected chi connectivity index (χ2v) is 11.4. The quantitative estimate of drug-likeness (QED) is 0.715. The van der Waals surface area contributed by atoms with Crippen LogP contribution in [0.15, 0.2) is 32.3 Å². The van der Waals surface area contributed by atoms with Gasteiger partial charge in [-0.05, 0) is 49.1 Å². The maximum absolute atomic E-state index is 13.0. The number of carbonyl (C=O) groups is 1. The molecule has 2 aliphatic rings. The summed E-state index contributed by atoms with van der Waals surface area (Å²) in [6.07, 6.45) is 2.76. The molecule has 2 atom stereocenters. The van der Waals surface area contributed by atoms with Gasteiger partial charge in [0.2, 0.25) is 15.9 Å². The van der Waals surface area contributed by atoms with Crippen LogP contribution in [-0.4, -0.2) is 54.3 Å². The van der Waals surface area contributed by atoms with E-state index in [9.17, 15) is 18.0 Å². The van der Waals surface area contributed by atoms with E-state index in [-0.39, 0.29) is 22.9 Å². The number of rotatable bonds is 4. The standard InChI is InChI=1S/C22H31N3O5S/c1-15-6-8-24(9-7-15)31(28,29)18-4-5-19-20(11-18)30-22(27)25(19)14-21(26)23-12-16(2)10-17(3)13-23/h4-5,11,15-17H,6-10,12-14H2,1-3H3. The number of aromatic nitrogens is 1. The molecule has 0 spiro atoms. The lowest BCUT2D eigenvalue weighted by atomic mass is 9.92. The zero-order chi connectivity index (χ0) is 22.3. The molecular weight excluding hydrogens is 418 g/mol. The van der Waals surface area contributed by atoms with Crippen LogP contribution in [0, 0.1) is 17.8 Å². The van der Waals surface area contributed by atoms with Crippen LogP contribution in [0.1, 0.15) is 40.0 Å². The highest BCUT2D eigenvalue weighted by molar-refractivity contribution is 7.89. The van der Waals surface area contributed by atoms with Crippen molar-refractivity contribution in [3.63, 3.8) is 0 Å². The molecule has 31 heavy (non-hydrogen) atoms. The lowest BCUT2D eigenvalue weighted by Crippen LogP contribution is -2.44. The van der Waals surface area contributed by atoms with E-state index >= 15 is 0 Å². The molecule has 2 aromatic rings. The topological polar surface area (TPSA) is 92.8 Å². The van der Waals surface area contributed by atoms with E-state index < -0.39 is 15.8 Å². The highest BCUT2D eigenvalue weighted by atomic mass is 32.2. The van der Waals surface area contributed by atoms with E-state index in [1.54, 1.807) is 11.0 Å². The normalized spacial score (nSPS) is 24.0. The summed E-state index contributed by atoms with van der Waals surface area (Å²) in [5.41, 5.74) is 0.618. The van der Waals surface area contributed by atoms with Crippen LogP contribution in [0.4, 0.5) is 0 Å². The highest BCUT2D eigenvalue weighted by Gasteiger charge is 2.30. The first kappa shape index (κ1) is 22.1. The van der Waals surface area contributed by atoms with E-state index in [1.807, 2.05) is 0 Å². The smallest absolute Gasteiger partial charge is 0.408 e. The van der Waals surface area contributed by atoms with Crippen molar-refractivity contribution in [2.24, 2.45) is 17.8 Å². The van der Waals surface area contributed by atoms with Gasteiger partial charge in [0.1, 0.15) is 6.54 Å². The molecular formula is C22H31N3O5S. The average Bonchev–Trinajstić information content (AvgIpc) is 3.02. The zero-order valence-electron chi connectivity index (χ0n) is 18.4. The maximum Gasteiger partial charge on any atom is 0.420 e. The number of oxazole rings is 1. The Morgan fingerprint density at radius 3 is 2.35 bits per heavy atom. The van der Waals surface area contributed by atoms with Crippen molar-refractivity contribution in [1.82, 2.24) is 13.8 Å². The zero-order valence-corrected chi connectivity index (χ0v) is 19.2. The fourth-order valence-electron chi connectivity index (χ4n) is 4.83. The minimum Gasteiger partial charge on any atom is -0.408 e. The summed E-state index contributed by atoms with van der Waals surface area (Å²) in [6.45, 7) is 8.62. The Morgan fingerprint density at radius 1 is 1.06 bits per heavy atom. The SMILES string of the molecule is CC1CCN(S(=O)(=O)c2ccc3c(c2)oc(=O)n3CC(=O)N2CC(C)CC(C)C2)CC1. The summed E-state index contributed by atoms with van der Waals surface area (Å²) < 4.78 is 34.1. The van der Waals surface area contributed by atoms with Crippen molar-refractivity contribution in [1.29, 1.82) is 0 Å². The molecule has 2 aliphatic heterocycles. The van der Waals surface area contributed by atoms with Crippen LogP contribution in [0.5, 0.6) is 0 Å². The van der Waals surface area contributed by atoms with Crippen molar-refractivity contribution in [2.45, 2.75) is 51.5 Å². The molecule has 2 unspecified atom stereocenters. The van der Waals surface area contributed by atoms with Crippen molar-refractivity contribution >= 4 is 27.0 Å². The molecule has 0 radical (unpaired) electrons. The largest absolute Gasteiger partial charge is 0.420 e. The Bertz CT molecular complexity index is 1120. The Morgan fingerprint density at radius 2 is 1.71 bits per heavy atom. The number of fused-ring (bicyclic) bond motifs is 1. The Hall–Kier alpha value is -2.13. The Kier molecular flexibility index (Phi) is 6.00. The van der Waals surface area contributed by atoms with Gasteiger partial charge in [0.05, 0.1) is 10.4 Å². The number of piperidine rings is 2. The van der Waals surface area contributed by atoms with E-state index in [0.717, 1.165) is 19.3 Å². The summed E-state index contributed by atoms with van der Waals surface area (Å²) in [5.74, 6) is 0.599. The van der Waals surface area contributed by atoms with Crippen LogP contribution in [0.25, 0.3) is 11.1 Å². The third kappa shape index (κ3) is 4.43. The van der Waals surface area contributed by atoms with Gasteiger partial charge in [-0.2, -0.15) is 4.31 Å². The number of benzene rings is 1. The summed E-state index contributed by atoms with van der Waals surface area (Å²) in [7, 11) is -3.65. The van der Waals surface area contributed by atoms with Gasteiger partial charge in [0.15, 0.2) is 5.58 Å². The van der Waals surface area contributed by atoms with E-state index in [1.165, 1.54) is 21.0 Å². The van der Waals surface area contributed by atoms with Crippen molar-refractivity contribution < 1.29 is 17.6 Å². The summed E-state index contributed by atoms with van der Waals surface area (Å²) in [5, 5.41) is 0. The summed E-state index contributed by atoms with van der Waals surface area (Å²) in [6, 6.07) is 4.46. The maximum atomic E-state index is 13.0. The molecule has 0 aliphatic carbocycles. The van der Waals surface area contributed by atoms with Crippen LogP contribution < -0.4 is 5.76 Å². The van der Waals surface area contributed by atoms with E-state index in [0.29, 0.717) is 49.4 Å². The van der Waals surface area contributed by atoms with Crippen LogP contribution in [0.3, 0.4) is 0 Å². The van der Waals surface area contributed by atoms with Gasteiger partial charge in [0.25, 0.3) is 0 Å². The fourth-order valence-corrected chi connectivity index (χ4v) is 6.32. The number of hydrogen-bond donors (Lipinski definition) is 0. The summed E-state index contributed by atoms with van der Waals surface area (Å²) >= 11 is 0. The van der Waals surface area contributed by atoms with Crippen LogP contribution in [0.2, 0.25) is 0 Å².